The maximum Gasteiger partial charge on any atom is 0.140 e. The smallest absolute Gasteiger partial charge is 0.140 e. The second-order valence-electron chi connectivity index (χ2n) is 5.90. The lowest BCUT2D eigenvalue weighted by molar-refractivity contribution is -0.133. The zero-order chi connectivity index (χ0) is 9.40. The fourth-order valence-electron chi connectivity index (χ4n) is 6.07. The van der Waals surface area contributed by atoms with Crippen molar-refractivity contribution in [2.24, 2.45) is 47.3 Å². The van der Waals surface area contributed by atoms with Crippen molar-refractivity contribution in [1.82, 2.24) is 0 Å². The molecule has 2 bridgehead atoms. The SMILES string of the molecule is O=C1[C@@H]2[C@H]3C[C@@H]4[C@@H]5[C@H]3[C@H]1[C@@H]5C(Cl)(Cl)[C@@H]42. The van der Waals surface area contributed by atoms with E-state index in [1.165, 1.54) is 6.42 Å². The summed E-state index contributed by atoms with van der Waals surface area (Å²) in [7, 11) is 0. The van der Waals surface area contributed by atoms with Crippen LogP contribution in [0.25, 0.3) is 0 Å². The van der Waals surface area contributed by atoms with E-state index in [0.29, 0.717) is 35.4 Å². The molecule has 74 valence electrons. The molecule has 1 nitrogen and oxygen atoms in total. The first-order valence-electron chi connectivity index (χ1n) is 5.55. The van der Waals surface area contributed by atoms with Gasteiger partial charge in [-0.3, -0.25) is 4.79 Å². The fourth-order valence-corrected chi connectivity index (χ4v) is 7.23. The maximum absolute atomic E-state index is 12.1. The van der Waals surface area contributed by atoms with Crippen molar-refractivity contribution < 1.29 is 4.79 Å². The van der Waals surface area contributed by atoms with Gasteiger partial charge in [0.05, 0.1) is 0 Å². The topological polar surface area (TPSA) is 17.1 Å². The summed E-state index contributed by atoms with van der Waals surface area (Å²) in [5.41, 5.74) is 0. The molecule has 0 radical (unpaired) electrons. The lowest BCUT2D eigenvalue weighted by Crippen LogP contribution is -2.52. The summed E-state index contributed by atoms with van der Waals surface area (Å²) < 4.78 is -0.541. The maximum atomic E-state index is 12.1. The van der Waals surface area contributed by atoms with Crippen LogP contribution in [0.3, 0.4) is 0 Å². The monoisotopic (exact) mass is 228 g/mol. The molecule has 5 saturated carbocycles. The third-order valence-electron chi connectivity index (χ3n) is 6.05. The Balaban J connectivity index is 1.87. The van der Waals surface area contributed by atoms with Crippen molar-refractivity contribution in [3.63, 3.8) is 0 Å². The highest BCUT2D eigenvalue weighted by molar-refractivity contribution is 6.49. The lowest BCUT2D eigenvalue weighted by Gasteiger charge is -2.47. The van der Waals surface area contributed by atoms with Gasteiger partial charge in [-0.25, -0.2) is 0 Å². The van der Waals surface area contributed by atoms with Gasteiger partial charge in [-0.15, -0.1) is 23.2 Å². The fraction of sp³-hybridized carbons (Fsp3) is 0.909. The van der Waals surface area contributed by atoms with E-state index in [2.05, 4.69) is 0 Å². The van der Waals surface area contributed by atoms with Crippen molar-refractivity contribution >= 4 is 29.0 Å². The minimum atomic E-state index is -0.541. The van der Waals surface area contributed by atoms with Gasteiger partial charge in [0.1, 0.15) is 10.1 Å². The number of Topliss-reactive ketones (excluding diaryl/α,β-unsaturated/α-hetero) is 1. The predicted octanol–water partition coefficient (Wildman–Crippen LogP) is 2.12. The van der Waals surface area contributed by atoms with Crippen LogP contribution in [0.1, 0.15) is 6.42 Å². The van der Waals surface area contributed by atoms with Crippen LogP contribution < -0.4 is 0 Å². The van der Waals surface area contributed by atoms with E-state index >= 15 is 0 Å². The minimum Gasteiger partial charge on any atom is -0.299 e. The van der Waals surface area contributed by atoms with Crippen LogP contribution in [-0.4, -0.2) is 10.1 Å². The molecule has 0 N–H and O–H groups in total. The molecular weight excluding hydrogens is 219 g/mol. The van der Waals surface area contributed by atoms with Gasteiger partial charge in [-0.1, -0.05) is 0 Å². The van der Waals surface area contributed by atoms with Gasteiger partial charge in [0.25, 0.3) is 0 Å². The second kappa shape index (κ2) is 1.69. The molecule has 5 fully saturated rings. The molecule has 0 saturated heterocycles. The van der Waals surface area contributed by atoms with E-state index in [1.54, 1.807) is 0 Å². The Labute approximate surface area is 92.1 Å². The van der Waals surface area contributed by atoms with Gasteiger partial charge in [-0.05, 0) is 30.1 Å². The summed E-state index contributed by atoms with van der Waals surface area (Å²) in [6, 6.07) is 0. The van der Waals surface area contributed by atoms with E-state index in [9.17, 15) is 4.79 Å². The predicted molar refractivity (Wildman–Crippen MR) is 52.0 cm³/mol. The Morgan fingerprint density at radius 1 is 1.07 bits per heavy atom. The molecule has 5 aliphatic carbocycles. The molecule has 0 unspecified atom stereocenters. The number of ketones is 1. The molecule has 0 heterocycles. The van der Waals surface area contributed by atoms with Crippen LogP contribution >= 0.6 is 23.2 Å². The normalized spacial score (nSPS) is 73.4. The van der Waals surface area contributed by atoms with Crippen molar-refractivity contribution in [2.45, 2.75) is 10.8 Å². The third kappa shape index (κ3) is 0.427. The Bertz CT molecular complexity index is 391. The molecule has 0 spiro atoms. The Morgan fingerprint density at radius 3 is 2.64 bits per heavy atom. The number of carbonyl (C=O) groups is 1. The molecule has 5 rings (SSSR count). The molecule has 3 heteroatoms. The molecule has 8 atom stereocenters. The van der Waals surface area contributed by atoms with E-state index in [4.69, 9.17) is 23.2 Å². The first-order chi connectivity index (χ1) is 6.64. The summed E-state index contributed by atoms with van der Waals surface area (Å²) in [5, 5.41) is 0. The number of hydrogen-bond acceptors (Lipinski definition) is 1. The average Bonchev–Trinajstić information content (AvgIpc) is 2.52. The molecule has 0 aromatic rings. The summed E-state index contributed by atoms with van der Waals surface area (Å²) in [5.74, 6) is 4.55. The molecular formula is C11H10Cl2O. The van der Waals surface area contributed by atoms with Crippen LogP contribution in [0, 0.1) is 47.3 Å². The summed E-state index contributed by atoms with van der Waals surface area (Å²) in [6.45, 7) is 0. The lowest BCUT2D eigenvalue weighted by atomic mass is 9.59. The highest BCUT2D eigenvalue weighted by atomic mass is 35.5. The number of carbonyl (C=O) groups excluding carboxylic acids is 1. The highest BCUT2D eigenvalue weighted by Crippen LogP contribution is 2.86. The zero-order valence-electron chi connectivity index (χ0n) is 7.49. The minimum absolute atomic E-state index is 0.264. The van der Waals surface area contributed by atoms with Crippen LogP contribution in [0.15, 0.2) is 0 Å². The van der Waals surface area contributed by atoms with Crippen molar-refractivity contribution in [1.29, 1.82) is 0 Å². The van der Waals surface area contributed by atoms with Crippen molar-refractivity contribution in [3.05, 3.63) is 0 Å². The van der Waals surface area contributed by atoms with Crippen molar-refractivity contribution in [2.75, 3.05) is 0 Å². The number of rotatable bonds is 0. The standard InChI is InChI=1S/C11H10Cl2O/c12-11(13)8-3-1-2-4-5(3)9(11)7(4)10(14)6(2)8/h2-9H,1H2/t2-,3+,4-,5+,6+,7-,8-,9+/m0/s1. The summed E-state index contributed by atoms with van der Waals surface area (Å²) in [4.78, 5) is 12.1. The first kappa shape index (κ1) is 7.51. The van der Waals surface area contributed by atoms with Gasteiger partial charge in [0, 0.05) is 23.7 Å². The van der Waals surface area contributed by atoms with E-state index in [0.717, 1.165) is 5.92 Å². The van der Waals surface area contributed by atoms with E-state index in [-0.39, 0.29) is 11.8 Å². The Hall–Kier alpha value is 0.250. The van der Waals surface area contributed by atoms with Gasteiger partial charge >= 0.3 is 0 Å². The second-order valence-corrected chi connectivity index (χ2v) is 7.34. The molecule has 0 aliphatic heterocycles. The molecule has 14 heavy (non-hydrogen) atoms. The number of halogens is 2. The van der Waals surface area contributed by atoms with Gasteiger partial charge in [-0.2, -0.15) is 0 Å². The molecule has 5 aliphatic rings. The van der Waals surface area contributed by atoms with Crippen LogP contribution in [0.2, 0.25) is 0 Å². The zero-order valence-corrected chi connectivity index (χ0v) is 9.00. The molecule has 0 aromatic carbocycles. The Morgan fingerprint density at radius 2 is 1.86 bits per heavy atom. The summed E-state index contributed by atoms with van der Waals surface area (Å²) in [6.07, 6.45) is 1.25. The molecule has 0 amide bonds. The summed E-state index contributed by atoms with van der Waals surface area (Å²) >= 11 is 13.0. The largest absolute Gasteiger partial charge is 0.299 e. The number of hydrogen-bond donors (Lipinski definition) is 0. The van der Waals surface area contributed by atoms with Gasteiger partial charge in [0.15, 0.2) is 0 Å². The highest BCUT2D eigenvalue weighted by Gasteiger charge is 2.87. The quantitative estimate of drug-likeness (QED) is 0.581. The third-order valence-corrected chi connectivity index (χ3v) is 7.06. The van der Waals surface area contributed by atoms with Crippen LogP contribution in [-0.2, 0) is 4.79 Å². The van der Waals surface area contributed by atoms with Crippen molar-refractivity contribution in [3.8, 4) is 0 Å². The average molecular weight is 229 g/mol. The van der Waals surface area contributed by atoms with E-state index in [1.807, 2.05) is 0 Å². The molecule has 0 aromatic heterocycles. The first-order valence-corrected chi connectivity index (χ1v) is 6.31. The Kier molecular flexibility index (Phi) is 0.909. The van der Waals surface area contributed by atoms with Gasteiger partial charge in [0.2, 0.25) is 0 Å². The van der Waals surface area contributed by atoms with E-state index < -0.39 is 4.33 Å². The van der Waals surface area contributed by atoms with Crippen LogP contribution in [0.5, 0.6) is 0 Å². The van der Waals surface area contributed by atoms with Gasteiger partial charge < -0.3 is 0 Å². The van der Waals surface area contributed by atoms with Crippen LogP contribution in [0.4, 0.5) is 0 Å². The number of alkyl halides is 2. The number of fused-ring (bicyclic) bond motifs is 2.